The molecule has 1 heterocycles. The van der Waals surface area contributed by atoms with Crippen LogP contribution in [0.4, 0.5) is 0 Å². The Hall–Kier alpha value is -1.36. The number of carbonyl (C=O) groups excluding carboxylic acids is 2. The first-order valence-electron chi connectivity index (χ1n) is 7.60. The Kier molecular flexibility index (Phi) is 5.79. The molecule has 1 aliphatic carbocycles. The first-order chi connectivity index (χ1) is 10.1. The summed E-state index contributed by atoms with van der Waals surface area (Å²) in [7, 11) is 0. The minimum Gasteiger partial charge on any atom is -0.448 e. The molecule has 0 aromatic carbocycles. The van der Waals surface area contributed by atoms with Crippen molar-refractivity contribution >= 4 is 23.2 Å². The average molecular weight is 309 g/mol. The lowest BCUT2D eigenvalue weighted by Gasteiger charge is -2.22. The van der Waals surface area contributed by atoms with Crippen LogP contribution in [0.3, 0.4) is 0 Å². The molecule has 1 saturated carbocycles. The molecule has 21 heavy (non-hydrogen) atoms. The zero-order valence-electron chi connectivity index (χ0n) is 12.7. The van der Waals surface area contributed by atoms with Crippen LogP contribution >= 0.6 is 11.3 Å². The number of hydrogen-bond acceptors (Lipinski definition) is 4. The van der Waals surface area contributed by atoms with Gasteiger partial charge >= 0.3 is 5.97 Å². The fourth-order valence-corrected chi connectivity index (χ4v) is 3.44. The lowest BCUT2D eigenvalue weighted by molar-refractivity contribution is -0.129. The first-order valence-corrected chi connectivity index (χ1v) is 8.48. The molecule has 1 aromatic rings. The van der Waals surface area contributed by atoms with Gasteiger partial charge in [-0.15, -0.1) is 11.3 Å². The molecule has 1 atom stereocenters. The highest BCUT2D eigenvalue weighted by Gasteiger charge is 2.22. The Morgan fingerprint density at radius 3 is 2.71 bits per heavy atom. The summed E-state index contributed by atoms with van der Waals surface area (Å²) in [5.41, 5.74) is 0.889. The van der Waals surface area contributed by atoms with Gasteiger partial charge in [-0.3, -0.25) is 4.79 Å². The zero-order valence-corrected chi connectivity index (χ0v) is 13.5. The van der Waals surface area contributed by atoms with Crippen LogP contribution in [0, 0.1) is 12.8 Å². The number of carbonyl (C=O) groups is 2. The summed E-state index contributed by atoms with van der Waals surface area (Å²) in [6.07, 6.45) is 5.43. The zero-order chi connectivity index (χ0) is 15.2. The molecule has 0 bridgehead atoms. The number of thiophene rings is 1. The highest BCUT2D eigenvalue weighted by Crippen LogP contribution is 2.22. The largest absolute Gasteiger partial charge is 0.448 e. The van der Waals surface area contributed by atoms with Crippen molar-refractivity contribution in [2.24, 2.45) is 5.92 Å². The van der Waals surface area contributed by atoms with Crippen molar-refractivity contribution in [1.29, 1.82) is 0 Å². The molecule has 1 unspecified atom stereocenters. The summed E-state index contributed by atoms with van der Waals surface area (Å²) in [4.78, 5) is 24.5. The van der Waals surface area contributed by atoms with Gasteiger partial charge in [-0.2, -0.15) is 0 Å². The summed E-state index contributed by atoms with van der Waals surface area (Å²) in [6, 6.07) is 1.87. The SMILES string of the molecule is Cc1ccsc1C(=O)OC(C)C(=O)NCC1CCCCC1. The third-order valence-electron chi connectivity index (χ3n) is 3.99. The lowest BCUT2D eigenvalue weighted by Crippen LogP contribution is -2.38. The van der Waals surface area contributed by atoms with Crippen LogP contribution in [0.1, 0.15) is 54.3 Å². The van der Waals surface area contributed by atoms with Crippen molar-refractivity contribution in [3.63, 3.8) is 0 Å². The van der Waals surface area contributed by atoms with Gasteiger partial charge in [0.2, 0.25) is 0 Å². The van der Waals surface area contributed by atoms with Gasteiger partial charge in [-0.1, -0.05) is 19.3 Å². The van der Waals surface area contributed by atoms with E-state index >= 15 is 0 Å². The third-order valence-corrected chi connectivity index (χ3v) is 4.99. The quantitative estimate of drug-likeness (QED) is 0.849. The standard InChI is InChI=1S/C16H23NO3S/c1-11-8-9-21-14(11)16(19)20-12(2)15(18)17-10-13-6-4-3-5-7-13/h8-9,12-13H,3-7,10H2,1-2H3,(H,17,18). The smallest absolute Gasteiger partial charge is 0.349 e. The van der Waals surface area contributed by atoms with Gasteiger partial charge in [0.1, 0.15) is 4.88 Å². The van der Waals surface area contributed by atoms with Gasteiger partial charge in [0.05, 0.1) is 0 Å². The van der Waals surface area contributed by atoms with Crippen molar-refractivity contribution in [2.45, 2.75) is 52.1 Å². The van der Waals surface area contributed by atoms with Crippen LogP contribution < -0.4 is 5.32 Å². The maximum atomic E-state index is 12.0. The summed E-state index contributed by atoms with van der Waals surface area (Å²) < 4.78 is 5.24. The Morgan fingerprint density at radius 1 is 1.38 bits per heavy atom. The van der Waals surface area contributed by atoms with Crippen LogP contribution in [0.2, 0.25) is 0 Å². The van der Waals surface area contributed by atoms with E-state index in [0.29, 0.717) is 17.3 Å². The number of amides is 1. The molecule has 116 valence electrons. The Bertz CT molecular complexity index is 491. The molecule has 0 aliphatic heterocycles. The van der Waals surface area contributed by atoms with Crippen molar-refractivity contribution in [3.8, 4) is 0 Å². The molecule has 0 spiro atoms. The van der Waals surface area contributed by atoms with E-state index in [-0.39, 0.29) is 5.91 Å². The molecule has 1 fully saturated rings. The Morgan fingerprint density at radius 2 is 2.10 bits per heavy atom. The van der Waals surface area contributed by atoms with Gasteiger partial charge in [0.15, 0.2) is 6.10 Å². The molecule has 5 heteroatoms. The molecule has 0 radical (unpaired) electrons. The number of aryl methyl sites for hydroxylation is 1. The van der Waals surface area contributed by atoms with E-state index in [9.17, 15) is 9.59 Å². The van der Waals surface area contributed by atoms with Gasteiger partial charge in [-0.05, 0) is 49.6 Å². The molecule has 0 saturated heterocycles. The second kappa shape index (κ2) is 7.59. The van der Waals surface area contributed by atoms with E-state index < -0.39 is 12.1 Å². The minimum absolute atomic E-state index is 0.205. The van der Waals surface area contributed by atoms with E-state index in [4.69, 9.17) is 4.74 Å². The van der Waals surface area contributed by atoms with E-state index in [2.05, 4.69) is 5.32 Å². The van der Waals surface area contributed by atoms with E-state index in [1.807, 2.05) is 18.4 Å². The van der Waals surface area contributed by atoms with E-state index in [1.165, 1.54) is 43.4 Å². The van der Waals surface area contributed by atoms with Crippen LogP contribution in [0.15, 0.2) is 11.4 Å². The van der Waals surface area contributed by atoms with Crippen LogP contribution in [-0.2, 0) is 9.53 Å². The van der Waals surface area contributed by atoms with Crippen LogP contribution in [-0.4, -0.2) is 24.5 Å². The van der Waals surface area contributed by atoms with Crippen LogP contribution in [0.5, 0.6) is 0 Å². The van der Waals surface area contributed by atoms with Crippen molar-refractivity contribution in [1.82, 2.24) is 5.32 Å². The molecule has 2 rings (SSSR count). The topological polar surface area (TPSA) is 55.4 Å². The van der Waals surface area contributed by atoms with Gasteiger partial charge in [0.25, 0.3) is 5.91 Å². The van der Waals surface area contributed by atoms with Crippen molar-refractivity contribution < 1.29 is 14.3 Å². The second-order valence-electron chi connectivity index (χ2n) is 5.73. The lowest BCUT2D eigenvalue weighted by atomic mass is 9.89. The maximum absolute atomic E-state index is 12.0. The Labute approximate surface area is 129 Å². The van der Waals surface area contributed by atoms with Crippen LogP contribution in [0.25, 0.3) is 0 Å². The minimum atomic E-state index is -0.748. The number of rotatable bonds is 5. The molecule has 1 aromatic heterocycles. The molecule has 4 nitrogen and oxygen atoms in total. The predicted octanol–water partition coefficient (Wildman–Crippen LogP) is 3.30. The third kappa shape index (κ3) is 4.56. The van der Waals surface area contributed by atoms with Crippen molar-refractivity contribution in [3.05, 3.63) is 21.9 Å². The van der Waals surface area contributed by atoms with E-state index in [0.717, 1.165) is 5.56 Å². The molecule has 1 aliphatic rings. The molecular formula is C16H23NO3S. The fraction of sp³-hybridized carbons (Fsp3) is 0.625. The van der Waals surface area contributed by atoms with Gasteiger partial charge in [-0.25, -0.2) is 4.79 Å². The van der Waals surface area contributed by atoms with Gasteiger partial charge < -0.3 is 10.1 Å². The fourth-order valence-electron chi connectivity index (χ4n) is 2.63. The molecule has 1 N–H and O–H groups in total. The van der Waals surface area contributed by atoms with Gasteiger partial charge in [0, 0.05) is 6.54 Å². The summed E-state index contributed by atoms with van der Waals surface area (Å²) in [6.45, 7) is 4.18. The average Bonchev–Trinajstić information content (AvgIpc) is 2.92. The number of nitrogens with one attached hydrogen (secondary N) is 1. The first kappa shape index (κ1) is 16.0. The molecule has 1 amide bonds. The normalized spacial score (nSPS) is 17.2. The predicted molar refractivity (Wildman–Crippen MR) is 83.5 cm³/mol. The number of hydrogen-bond donors (Lipinski definition) is 1. The molecular weight excluding hydrogens is 286 g/mol. The number of ether oxygens (including phenoxy) is 1. The number of esters is 1. The summed E-state index contributed by atoms with van der Waals surface area (Å²) in [5.74, 6) is -0.0453. The monoisotopic (exact) mass is 309 g/mol. The Balaban J connectivity index is 1.77. The summed E-state index contributed by atoms with van der Waals surface area (Å²) >= 11 is 1.34. The maximum Gasteiger partial charge on any atom is 0.349 e. The van der Waals surface area contributed by atoms with Crippen molar-refractivity contribution in [2.75, 3.05) is 6.54 Å². The van der Waals surface area contributed by atoms with E-state index in [1.54, 1.807) is 6.92 Å². The second-order valence-corrected chi connectivity index (χ2v) is 6.65. The highest BCUT2D eigenvalue weighted by atomic mass is 32.1. The summed E-state index contributed by atoms with van der Waals surface area (Å²) in [5, 5.41) is 4.75. The highest BCUT2D eigenvalue weighted by molar-refractivity contribution is 7.12.